The van der Waals surface area contributed by atoms with Gasteiger partial charge in [-0.2, -0.15) is 5.26 Å². The minimum atomic E-state index is -0.980. The number of carbonyl (C=O) groups is 1. The van der Waals surface area contributed by atoms with Crippen molar-refractivity contribution in [3.05, 3.63) is 21.9 Å². The summed E-state index contributed by atoms with van der Waals surface area (Å²) in [6.07, 6.45) is 0. The summed E-state index contributed by atoms with van der Waals surface area (Å²) in [5, 5.41) is 18.2. The second-order valence-corrected chi connectivity index (χ2v) is 2.53. The third-order valence-corrected chi connectivity index (χ3v) is 1.86. The molecule has 0 saturated heterocycles. The van der Waals surface area contributed by atoms with Crippen molar-refractivity contribution < 1.29 is 9.90 Å². The molecule has 3 nitrogen and oxygen atoms in total. The SMILES string of the molecule is N#Cc1csc(C(=O)O)c1. The van der Waals surface area contributed by atoms with Gasteiger partial charge in [0.15, 0.2) is 0 Å². The summed E-state index contributed by atoms with van der Waals surface area (Å²) < 4.78 is 0. The van der Waals surface area contributed by atoms with Gasteiger partial charge >= 0.3 is 5.97 Å². The van der Waals surface area contributed by atoms with E-state index in [4.69, 9.17) is 10.4 Å². The fourth-order valence-corrected chi connectivity index (χ4v) is 1.18. The highest BCUT2D eigenvalue weighted by molar-refractivity contribution is 7.12. The largest absolute Gasteiger partial charge is 0.477 e. The molecule has 1 N–H and O–H groups in total. The highest BCUT2D eigenvalue weighted by atomic mass is 32.1. The highest BCUT2D eigenvalue weighted by Gasteiger charge is 2.04. The van der Waals surface area contributed by atoms with Crippen LogP contribution in [0.5, 0.6) is 0 Å². The molecule has 1 rings (SSSR count). The molecule has 0 aromatic carbocycles. The summed E-state index contributed by atoms with van der Waals surface area (Å²) >= 11 is 1.06. The third kappa shape index (κ3) is 1.14. The summed E-state index contributed by atoms with van der Waals surface area (Å²) in [6.45, 7) is 0. The van der Waals surface area contributed by atoms with Crippen molar-refractivity contribution in [1.29, 1.82) is 5.26 Å². The second kappa shape index (κ2) is 2.50. The van der Waals surface area contributed by atoms with Gasteiger partial charge in [-0.05, 0) is 6.07 Å². The number of carboxylic acid groups (broad SMARTS) is 1. The van der Waals surface area contributed by atoms with Crippen molar-refractivity contribution >= 4 is 17.3 Å². The van der Waals surface area contributed by atoms with Gasteiger partial charge in [-0.1, -0.05) is 0 Å². The first-order valence-electron chi connectivity index (χ1n) is 2.46. The van der Waals surface area contributed by atoms with Crippen molar-refractivity contribution in [1.82, 2.24) is 0 Å². The number of rotatable bonds is 1. The third-order valence-electron chi connectivity index (χ3n) is 0.939. The average Bonchev–Trinajstić information content (AvgIpc) is 2.34. The maximum Gasteiger partial charge on any atom is 0.345 e. The molecular weight excluding hydrogens is 150 g/mol. The Morgan fingerprint density at radius 3 is 2.80 bits per heavy atom. The minimum Gasteiger partial charge on any atom is -0.477 e. The average molecular weight is 153 g/mol. The van der Waals surface area contributed by atoms with Crippen molar-refractivity contribution in [3.63, 3.8) is 0 Å². The molecule has 4 heteroatoms. The van der Waals surface area contributed by atoms with Crippen LogP contribution >= 0.6 is 11.3 Å². The molecule has 0 aliphatic heterocycles. The monoisotopic (exact) mass is 153 g/mol. The molecule has 1 aromatic rings. The molecule has 0 aliphatic rings. The normalized spacial score (nSPS) is 8.70. The highest BCUT2D eigenvalue weighted by Crippen LogP contribution is 2.12. The van der Waals surface area contributed by atoms with Crippen LogP contribution in [-0.4, -0.2) is 11.1 Å². The molecule has 0 spiro atoms. The van der Waals surface area contributed by atoms with Crippen molar-refractivity contribution in [2.45, 2.75) is 0 Å². The lowest BCUT2D eigenvalue weighted by Crippen LogP contribution is -1.89. The van der Waals surface area contributed by atoms with E-state index in [-0.39, 0.29) is 4.88 Å². The first kappa shape index (κ1) is 6.78. The Balaban J connectivity index is 3.02. The molecule has 0 unspecified atom stereocenters. The maximum atomic E-state index is 10.2. The van der Waals surface area contributed by atoms with Gasteiger partial charge in [-0.15, -0.1) is 11.3 Å². The van der Waals surface area contributed by atoms with Crippen LogP contribution in [0.1, 0.15) is 15.2 Å². The van der Waals surface area contributed by atoms with E-state index in [1.807, 2.05) is 6.07 Å². The molecule has 1 aromatic heterocycles. The quantitative estimate of drug-likeness (QED) is 0.661. The second-order valence-electron chi connectivity index (χ2n) is 1.62. The fourth-order valence-electron chi connectivity index (χ4n) is 0.507. The van der Waals surface area contributed by atoms with E-state index in [9.17, 15) is 4.79 Å². The van der Waals surface area contributed by atoms with Crippen LogP contribution in [0, 0.1) is 11.3 Å². The van der Waals surface area contributed by atoms with E-state index in [1.54, 1.807) is 0 Å². The van der Waals surface area contributed by atoms with E-state index in [2.05, 4.69) is 0 Å². The van der Waals surface area contributed by atoms with Crippen LogP contribution in [0.25, 0.3) is 0 Å². The smallest absolute Gasteiger partial charge is 0.345 e. The standard InChI is InChI=1S/C6H3NO2S/c7-2-4-1-5(6(8)9)10-3-4/h1,3H,(H,8,9). The van der Waals surface area contributed by atoms with Crippen molar-refractivity contribution in [3.8, 4) is 6.07 Å². The zero-order valence-corrected chi connectivity index (χ0v) is 5.68. The molecule has 0 bridgehead atoms. The Morgan fingerprint density at radius 1 is 1.80 bits per heavy atom. The molecule has 0 saturated carbocycles. The van der Waals surface area contributed by atoms with Crippen molar-refractivity contribution in [2.24, 2.45) is 0 Å². The van der Waals surface area contributed by atoms with Crippen LogP contribution in [0.4, 0.5) is 0 Å². The summed E-state index contributed by atoms with van der Waals surface area (Å²) in [4.78, 5) is 10.4. The van der Waals surface area contributed by atoms with E-state index in [0.29, 0.717) is 5.56 Å². The lowest BCUT2D eigenvalue weighted by atomic mass is 10.3. The molecule has 0 amide bonds. The number of nitrogens with zero attached hydrogens (tertiary/aromatic N) is 1. The molecular formula is C6H3NO2S. The van der Waals surface area contributed by atoms with Crippen molar-refractivity contribution in [2.75, 3.05) is 0 Å². The Labute approximate surface area is 61.1 Å². The lowest BCUT2D eigenvalue weighted by molar-refractivity contribution is 0.0702. The van der Waals surface area contributed by atoms with Gasteiger partial charge in [-0.3, -0.25) is 0 Å². The predicted molar refractivity (Wildman–Crippen MR) is 36.0 cm³/mol. The van der Waals surface area contributed by atoms with Gasteiger partial charge in [0.1, 0.15) is 10.9 Å². The van der Waals surface area contributed by atoms with Gasteiger partial charge in [-0.25, -0.2) is 4.79 Å². The lowest BCUT2D eigenvalue weighted by Gasteiger charge is -1.79. The van der Waals surface area contributed by atoms with E-state index >= 15 is 0 Å². The van der Waals surface area contributed by atoms with Crippen LogP contribution in [0.3, 0.4) is 0 Å². The molecule has 0 aliphatic carbocycles. The van der Waals surface area contributed by atoms with Crippen LogP contribution in [-0.2, 0) is 0 Å². The number of carboxylic acids is 1. The zero-order valence-electron chi connectivity index (χ0n) is 4.87. The molecule has 0 radical (unpaired) electrons. The van der Waals surface area contributed by atoms with Gasteiger partial charge in [0.2, 0.25) is 0 Å². The van der Waals surface area contributed by atoms with Gasteiger partial charge in [0.25, 0.3) is 0 Å². The Hall–Kier alpha value is -1.34. The number of nitriles is 1. The zero-order chi connectivity index (χ0) is 7.56. The topological polar surface area (TPSA) is 61.1 Å². The molecule has 0 fully saturated rings. The van der Waals surface area contributed by atoms with Gasteiger partial charge in [0.05, 0.1) is 5.56 Å². The van der Waals surface area contributed by atoms with E-state index in [1.165, 1.54) is 11.4 Å². The molecule has 50 valence electrons. The summed E-state index contributed by atoms with van der Waals surface area (Å²) in [7, 11) is 0. The first-order valence-corrected chi connectivity index (χ1v) is 3.34. The van der Waals surface area contributed by atoms with Crippen LogP contribution < -0.4 is 0 Å². The molecule has 1 heterocycles. The molecule has 0 atom stereocenters. The van der Waals surface area contributed by atoms with Gasteiger partial charge in [0, 0.05) is 5.38 Å². The van der Waals surface area contributed by atoms with Gasteiger partial charge < -0.3 is 5.11 Å². The van der Waals surface area contributed by atoms with Crippen LogP contribution in [0.15, 0.2) is 11.4 Å². The number of thiophene rings is 1. The Kier molecular flexibility index (Phi) is 1.69. The summed E-state index contributed by atoms with van der Waals surface area (Å²) in [6, 6.07) is 3.20. The van der Waals surface area contributed by atoms with E-state index < -0.39 is 5.97 Å². The Bertz CT molecular complexity index is 297. The summed E-state index contributed by atoms with van der Waals surface area (Å²) in [5.74, 6) is -0.980. The molecule has 10 heavy (non-hydrogen) atoms. The predicted octanol–water partition coefficient (Wildman–Crippen LogP) is 1.32. The first-order chi connectivity index (χ1) is 4.74. The summed E-state index contributed by atoms with van der Waals surface area (Å²) in [5.41, 5.74) is 0.405. The minimum absolute atomic E-state index is 0.205. The fraction of sp³-hybridized carbons (Fsp3) is 0. The number of hydrogen-bond donors (Lipinski definition) is 1. The number of aromatic carboxylic acids is 1. The Morgan fingerprint density at radius 2 is 2.50 bits per heavy atom. The van der Waals surface area contributed by atoms with Crippen LogP contribution in [0.2, 0.25) is 0 Å². The van der Waals surface area contributed by atoms with E-state index in [0.717, 1.165) is 11.3 Å². The number of hydrogen-bond acceptors (Lipinski definition) is 3. The maximum absolute atomic E-state index is 10.2.